The number of aryl methyl sites for hydroxylation is 1. The van der Waals surface area contributed by atoms with E-state index < -0.39 is 0 Å². The fourth-order valence-electron chi connectivity index (χ4n) is 3.96. The largest absolute Gasteiger partial charge is 0.357 e. The molecule has 5 heteroatoms. The molecule has 0 aliphatic carbocycles. The first-order chi connectivity index (χ1) is 15.6. The summed E-state index contributed by atoms with van der Waals surface area (Å²) in [4.78, 5) is 7.52. The number of halogens is 1. The van der Waals surface area contributed by atoms with E-state index in [9.17, 15) is 4.39 Å². The van der Waals surface area contributed by atoms with Crippen LogP contribution in [0, 0.1) is 25.1 Å². The van der Waals surface area contributed by atoms with Crippen molar-refractivity contribution in [1.29, 1.82) is 0 Å². The summed E-state index contributed by atoms with van der Waals surface area (Å²) in [5, 5.41) is 8.67. The smallest absolute Gasteiger partial charge is 0.123 e. The Balaban J connectivity index is 1.62. The Morgan fingerprint density at radius 3 is 2.66 bits per heavy atom. The van der Waals surface area contributed by atoms with Gasteiger partial charge in [0.1, 0.15) is 11.5 Å². The van der Waals surface area contributed by atoms with E-state index in [1.165, 1.54) is 12.1 Å². The second kappa shape index (κ2) is 8.01. The van der Waals surface area contributed by atoms with Gasteiger partial charge in [-0.05, 0) is 77.7 Å². The van der Waals surface area contributed by atoms with Crippen LogP contribution in [-0.2, 0) is 0 Å². The minimum atomic E-state index is -0.305. The zero-order valence-corrected chi connectivity index (χ0v) is 17.4. The third kappa shape index (κ3) is 3.48. The number of nitrogens with zero attached hydrogens (tertiary/aromatic N) is 2. The maximum Gasteiger partial charge on any atom is 0.123 e. The third-order valence-electron chi connectivity index (χ3n) is 5.50. The molecule has 0 saturated carbocycles. The number of H-pyrrole nitrogens is 2. The van der Waals surface area contributed by atoms with E-state index >= 15 is 0 Å². The molecule has 154 valence electrons. The number of terminal acetylenes is 1. The van der Waals surface area contributed by atoms with Crippen LogP contribution in [0.25, 0.3) is 39.0 Å². The van der Waals surface area contributed by atoms with Crippen LogP contribution in [0.1, 0.15) is 16.8 Å². The quantitative estimate of drug-likeness (QED) is 0.345. The molecule has 5 aromatic rings. The summed E-state index contributed by atoms with van der Waals surface area (Å²) < 4.78 is 13.9. The van der Waals surface area contributed by atoms with Crippen LogP contribution in [0.2, 0.25) is 0 Å². The molecule has 0 bridgehead atoms. The molecule has 0 atom stereocenters. The molecule has 5 rings (SSSR count). The Morgan fingerprint density at radius 1 is 1.03 bits per heavy atom. The molecule has 0 unspecified atom stereocenters. The van der Waals surface area contributed by atoms with Gasteiger partial charge >= 0.3 is 0 Å². The summed E-state index contributed by atoms with van der Waals surface area (Å²) >= 11 is 0. The molecular weight excluding hydrogens is 399 g/mol. The van der Waals surface area contributed by atoms with Gasteiger partial charge in [0.15, 0.2) is 0 Å². The lowest BCUT2D eigenvalue weighted by molar-refractivity contribution is 0.627. The van der Waals surface area contributed by atoms with Crippen LogP contribution in [0.3, 0.4) is 0 Å². The Kier molecular flexibility index (Phi) is 4.89. The SMILES string of the molecule is C#C/C=C(/c1cccc(F)c1)c1cc(-c2n[nH]c3ccc(-c4ccncc4)cc23)[nH]c1C. The Labute approximate surface area is 184 Å². The van der Waals surface area contributed by atoms with Gasteiger partial charge in [-0.2, -0.15) is 5.10 Å². The highest BCUT2D eigenvalue weighted by Gasteiger charge is 2.16. The van der Waals surface area contributed by atoms with Crippen molar-refractivity contribution >= 4 is 16.5 Å². The van der Waals surface area contributed by atoms with E-state index in [2.05, 4.69) is 38.2 Å². The number of pyridine rings is 1. The summed E-state index contributed by atoms with van der Waals surface area (Å²) in [6.45, 7) is 1.97. The van der Waals surface area contributed by atoms with Crippen molar-refractivity contribution in [1.82, 2.24) is 20.2 Å². The van der Waals surface area contributed by atoms with Gasteiger partial charge < -0.3 is 4.98 Å². The molecule has 0 aliphatic heterocycles. The minimum Gasteiger partial charge on any atom is -0.357 e. The highest BCUT2D eigenvalue weighted by Crippen LogP contribution is 2.34. The Hall–Kier alpha value is -4.43. The number of aromatic nitrogens is 4. The van der Waals surface area contributed by atoms with Gasteiger partial charge in [0.05, 0.1) is 11.2 Å². The van der Waals surface area contributed by atoms with Gasteiger partial charge in [-0.3, -0.25) is 10.1 Å². The molecule has 2 N–H and O–H groups in total. The second-order valence-corrected chi connectivity index (χ2v) is 7.53. The number of benzene rings is 2. The van der Waals surface area contributed by atoms with Crippen molar-refractivity contribution in [3.05, 3.63) is 102 Å². The number of allylic oxidation sites excluding steroid dienone is 1. The average molecular weight is 418 g/mol. The van der Waals surface area contributed by atoms with Crippen LogP contribution in [-0.4, -0.2) is 20.2 Å². The molecule has 3 aromatic heterocycles. The first-order valence-corrected chi connectivity index (χ1v) is 10.1. The van der Waals surface area contributed by atoms with Crippen molar-refractivity contribution in [2.45, 2.75) is 6.92 Å². The summed E-state index contributed by atoms with van der Waals surface area (Å²) in [6.07, 6.45) is 10.8. The monoisotopic (exact) mass is 418 g/mol. The number of aromatic amines is 2. The predicted octanol–water partition coefficient (Wildman–Crippen LogP) is 6.13. The number of fused-ring (bicyclic) bond motifs is 1. The maximum atomic E-state index is 13.9. The summed E-state index contributed by atoms with van der Waals surface area (Å²) in [7, 11) is 0. The van der Waals surface area contributed by atoms with E-state index in [4.69, 9.17) is 6.42 Å². The van der Waals surface area contributed by atoms with Crippen molar-refractivity contribution in [3.8, 4) is 34.9 Å². The molecule has 0 amide bonds. The summed E-state index contributed by atoms with van der Waals surface area (Å²) in [6, 6.07) is 18.6. The van der Waals surface area contributed by atoms with E-state index in [0.29, 0.717) is 0 Å². The standard InChI is InChI=1S/C27H19FN4/c1-3-5-22(20-6-4-7-21(28)14-20)23-16-26(30-17(23)2)27-24-15-19(8-9-25(24)31-32-27)18-10-12-29-13-11-18/h1,4-16,30H,2H3,(H,31,32)/b22-5-. The van der Waals surface area contributed by atoms with Gasteiger partial charge in [0.25, 0.3) is 0 Å². The lowest BCUT2D eigenvalue weighted by Gasteiger charge is -2.06. The van der Waals surface area contributed by atoms with Crippen LogP contribution in [0.15, 0.2) is 79.1 Å². The van der Waals surface area contributed by atoms with Crippen LogP contribution in [0.5, 0.6) is 0 Å². The first-order valence-electron chi connectivity index (χ1n) is 10.1. The molecule has 0 radical (unpaired) electrons. The molecule has 2 aromatic carbocycles. The fourth-order valence-corrected chi connectivity index (χ4v) is 3.96. The maximum absolute atomic E-state index is 13.9. The molecule has 0 aliphatic rings. The van der Waals surface area contributed by atoms with Gasteiger partial charge in [-0.25, -0.2) is 4.39 Å². The van der Waals surface area contributed by atoms with Crippen molar-refractivity contribution in [3.63, 3.8) is 0 Å². The highest BCUT2D eigenvalue weighted by molar-refractivity contribution is 5.96. The topological polar surface area (TPSA) is 57.4 Å². The van der Waals surface area contributed by atoms with E-state index in [0.717, 1.165) is 55.8 Å². The number of hydrogen-bond donors (Lipinski definition) is 2. The van der Waals surface area contributed by atoms with Crippen LogP contribution >= 0.6 is 0 Å². The minimum absolute atomic E-state index is 0.305. The molecule has 0 fully saturated rings. The summed E-state index contributed by atoms with van der Waals surface area (Å²) in [5.74, 6) is 2.28. The number of hydrogen-bond acceptors (Lipinski definition) is 2. The van der Waals surface area contributed by atoms with Gasteiger partial charge in [0, 0.05) is 29.0 Å². The number of nitrogens with one attached hydrogen (secondary N) is 2. The molecule has 4 nitrogen and oxygen atoms in total. The van der Waals surface area contributed by atoms with Gasteiger partial charge in [-0.15, -0.1) is 6.42 Å². The zero-order valence-electron chi connectivity index (χ0n) is 17.4. The van der Waals surface area contributed by atoms with Gasteiger partial charge in [-0.1, -0.05) is 24.1 Å². The summed E-state index contributed by atoms with van der Waals surface area (Å²) in [5.41, 5.74) is 8.11. The van der Waals surface area contributed by atoms with Crippen LogP contribution < -0.4 is 0 Å². The van der Waals surface area contributed by atoms with E-state index in [1.54, 1.807) is 24.5 Å². The van der Waals surface area contributed by atoms with Gasteiger partial charge in [0.2, 0.25) is 0 Å². The van der Waals surface area contributed by atoms with E-state index in [-0.39, 0.29) is 5.82 Å². The number of rotatable bonds is 4. The molecule has 0 spiro atoms. The molecular formula is C27H19FN4. The Morgan fingerprint density at radius 2 is 1.88 bits per heavy atom. The first kappa shape index (κ1) is 19.5. The Bertz CT molecular complexity index is 1500. The average Bonchev–Trinajstić information content (AvgIpc) is 3.41. The predicted molar refractivity (Wildman–Crippen MR) is 126 cm³/mol. The fraction of sp³-hybridized carbons (Fsp3) is 0.0370. The lowest BCUT2D eigenvalue weighted by Crippen LogP contribution is -1.90. The van der Waals surface area contributed by atoms with Crippen molar-refractivity contribution < 1.29 is 4.39 Å². The van der Waals surface area contributed by atoms with E-state index in [1.807, 2.05) is 37.3 Å². The molecule has 0 saturated heterocycles. The normalized spacial score (nSPS) is 11.6. The van der Waals surface area contributed by atoms with Crippen molar-refractivity contribution in [2.75, 3.05) is 0 Å². The second-order valence-electron chi connectivity index (χ2n) is 7.53. The van der Waals surface area contributed by atoms with Crippen LogP contribution in [0.4, 0.5) is 4.39 Å². The molecule has 3 heterocycles. The zero-order chi connectivity index (χ0) is 22.1. The molecule has 32 heavy (non-hydrogen) atoms. The lowest BCUT2D eigenvalue weighted by atomic mass is 9.97. The highest BCUT2D eigenvalue weighted by atomic mass is 19.1. The third-order valence-corrected chi connectivity index (χ3v) is 5.50. The van der Waals surface area contributed by atoms with Crippen molar-refractivity contribution in [2.24, 2.45) is 0 Å².